The summed E-state index contributed by atoms with van der Waals surface area (Å²) in [5, 5.41) is 2.82. The van der Waals surface area contributed by atoms with E-state index in [-0.39, 0.29) is 18.2 Å². The van der Waals surface area contributed by atoms with Crippen molar-refractivity contribution in [1.29, 1.82) is 0 Å². The Morgan fingerprint density at radius 2 is 2.23 bits per heavy atom. The second-order valence-electron chi connectivity index (χ2n) is 5.55. The minimum absolute atomic E-state index is 0.00477. The van der Waals surface area contributed by atoms with Crippen molar-refractivity contribution in [2.45, 2.75) is 18.8 Å². The number of carbonyl (C=O) groups is 2. The number of nitrogens with one attached hydrogen (secondary N) is 1. The molecule has 0 radical (unpaired) electrons. The smallest absolute Gasteiger partial charge is 0.230 e. The van der Waals surface area contributed by atoms with E-state index in [2.05, 4.69) is 5.32 Å². The van der Waals surface area contributed by atoms with E-state index in [0.29, 0.717) is 37.7 Å². The molecule has 118 valence electrons. The average Bonchev–Trinajstić information content (AvgIpc) is 2.82. The molecule has 0 bridgehead atoms. The van der Waals surface area contributed by atoms with Crippen molar-refractivity contribution in [2.24, 2.45) is 0 Å². The Hall–Kier alpha value is -2.08. The van der Waals surface area contributed by atoms with Gasteiger partial charge < -0.3 is 19.7 Å². The summed E-state index contributed by atoms with van der Waals surface area (Å²) >= 11 is 0. The molecule has 1 unspecified atom stereocenters. The number of carbonyl (C=O) groups excluding carboxylic acids is 2. The molecule has 1 N–H and O–H groups in total. The highest BCUT2D eigenvalue weighted by Gasteiger charge is 2.34. The number of anilines is 1. The maximum Gasteiger partial charge on any atom is 0.230 e. The van der Waals surface area contributed by atoms with Crippen LogP contribution < -0.4 is 10.1 Å². The molecule has 2 aliphatic rings. The maximum atomic E-state index is 12.9. The van der Waals surface area contributed by atoms with Crippen LogP contribution in [0, 0.1) is 0 Å². The molecule has 0 aliphatic carbocycles. The summed E-state index contributed by atoms with van der Waals surface area (Å²) in [4.78, 5) is 26.6. The first-order valence-corrected chi connectivity index (χ1v) is 7.53. The Kier molecular flexibility index (Phi) is 4.29. The number of fused-ring (bicyclic) bond motifs is 1. The van der Waals surface area contributed by atoms with Crippen LogP contribution in [0.25, 0.3) is 0 Å². The number of nitrogens with zero attached hydrogens (tertiary/aromatic N) is 1. The molecule has 0 spiro atoms. The Labute approximate surface area is 129 Å². The van der Waals surface area contributed by atoms with Crippen LogP contribution in [0.5, 0.6) is 5.75 Å². The van der Waals surface area contributed by atoms with Crippen LogP contribution in [-0.4, -0.2) is 50.1 Å². The summed E-state index contributed by atoms with van der Waals surface area (Å²) in [6.07, 6.45) is 1.01. The number of rotatable bonds is 2. The third-order valence-corrected chi connectivity index (χ3v) is 4.13. The third kappa shape index (κ3) is 2.92. The van der Waals surface area contributed by atoms with Crippen molar-refractivity contribution in [2.75, 3.05) is 38.7 Å². The zero-order valence-electron chi connectivity index (χ0n) is 12.6. The van der Waals surface area contributed by atoms with Gasteiger partial charge in [-0.1, -0.05) is 0 Å². The van der Waals surface area contributed by atoms with Gasteiger partial charge in [0.15, 0.2) is 0 Å². The van der Waals surface area contributed by atoms with Gasteiger partial charge in [0.05, 0.1) is 19.6 Å². The van der Waals surface area contributed by atoms with Gasteiger partial charge in [0.1, 0.15) is 5.75 Å². The summed E-state index contributed by atoms with van der Waals surface area (Å²) in [6, 6.07) is 5.41. The lowest BCUT2D eigenvalue weighted by Crippen LogP contribution is -2.39. The Balaban J connectivity index is 1.89. The SMILES string of the molecule is COc1ccc2c(c1)C(C(=O)N1CCCOCC1)CC(=O)N2. The van der Waals surface area contributed by atoms with Gasteiger partial charge in [-0.25, -0.2) is 0 Å². The Bertz CT molecular complexity index is 580. The normalized spacial score (nSPS) is 21.6. The summed E-state index contributed by atoms with van der Waals surface area (Å²) < 4.78 is 10.6. The molecule has 6 heteroatoms. The standard InChI is InChI=1S/C16H20N2O4/c1-21-11-3-4-14-12(9-11)13(10-15(19)17-14)16(20)18-5-2-7-22-8-6-18/h3-4,9,13H,2,5-8,10H2,1H3,(H,17,19). The summed E-state index contributed by atoms with van der Waals surface area (Å²) in [5.74, 6) is 0.112. The molecule has 0 aromatic heterocycles. The van der Waals surface area contributed by atoms with E-state index in [1.54, 1.807) is 24.1 Å². The first kappa shape index (κ1) is 14.8. The molecule has 2 heterocycles. The highest BCUT2D eigenvalue weighted by atomic mass is 16.5. The molecule has 0 saturated carbocycles. The molecule has 1 fully saturated rings. The highest BCUT2D eigenvalue weighted by molar-refractivity contribution is 6.01. The minimum atomic E-state index is -0.447. The number of ether oxygens (including phenoxy) is 2. The fourth-order valence-electron chi connectivity index (χ4n) is 2.97. The number of amides is 2. The Morgan fingerprint density at radius 3 is 3.05 bits per heavy atom. The lowest BCUT2D eigenvalue weighted by molar-refractivity contribution is -0.135. The zero-order valence-corrected chi connectivity index (χ0v) is 12.6. The molecule has 1 atom stereocenters. The highest BCUT2D eigenvalue weighted by Crippen LogP contribution is 2.36. The topological polar surface area (TPSA) is 67.9 Å². The second-order valence-corrected chi connectivity index (χ2v) is 5.55. The van der Waals surface area contributed by atoms with Crippen molar-refractivity contribution in [3.63, 3.8) is 0 Å². The van der Waals surface area contributed by atoms with Gasteiger partial charge >= 0.3 is 0 Å². The van der Waals surface area contributed by atoms with Crippen LogP contribution in [0.1, 0.15) is 24.3 Å². The second kappa shape index (κ2) is 6.36. The molecule has 22 heavy (non-hydrogen) atoms. The van der Waals surface area contributed by atoms with E-state index >= 15 is 0 Å². The van der Waals surface area contributed by atoms with Gasteiger partial charge in [0.25, 0.3) is 0 Å². The van der Waals surface area contributed by atoms with Gasteiger partial charge in [0.2, 0.25) is 11.8 Å². The molecule has 6 nitrogen and oxygen atoms in total. The van der Waals surface area contributed by atoms with Crippen LogP contribution >= 0.6 is 0 Å². The predicted molar refractivity (Wildman–Crippen MR) is 81.0 cm³/mol. The van der Waals surface area contributed by atoms with Crippen LogP contribution in [0.15, 0.2) is 18.2 Å². The quantitative estimate of drug-likeness (QED) is 0.896. The largest absolute Gasteiger partial charge is 0.497 e. The van der Waals surface area contributed by atoms with Crippen LogP contribution in [-0.2, 0) is 14.3 Å². The lowest BCUT2D eigenvalue weighted by atomic mass is 9.89. The molecule has 2 aliphatic heterocycles. The van der Waals surface area contributed by atoms with Crippen LogP contribution in [0.4, 0.5) is 5.69 Å². The first-order valence-electron chi connectivity index (χ1n) is 7.53. The van der Waals surface area contributed by atoms with Gasteiger partial charge in [-0.15, -0.1) is 0 Å². The van der Waals surface area contributed by atoms with Crippen molar-refractivity contribution in [3.8, 4) is 5.75 Å². The van der Waals surface area contributed by atoms with Gasteiger partial charge in [-0.05, 0) is 30.2 Å². The molecule has 1 saturated heterocycles. The van der Waals surface area contributed by atoms with E-state index in [9.17, 15) is 9.59 Å². The van der Waals surface area contributed by atoms with Crippen LogP contribution in [0.3, 0.4) is 0 Å². The van der Waals surface area contributed by atoms with E-state index in [1.807, 2.05) is 6.07 Å². The molecule has 2 amide bonds. The zero-order chi connectivity index (χ0) is 15.5. The summed E-state index contributed by atoms with van der Waals surface area (Å²) in [7, 11) is 1.59. The fraction of sp³-hybridized carbons (Fsp3) is 0.500. The number of hydrogen-bond donors (Lipinski definition) is 1. The van der Waals surface area contributed by atoms with E-state index in [0.717, 1.165) is 12.0 Å². The van der Waals surface area contributed by atoms with E-state index in [4.69, 9.17) is 9.47 Å². The first-order chi connectivity index (χ1) is 10.7. The summed E-state index contributed by atoms with van der Waals surface area (Å²) in [5.41, 5.74) is 1.52. The predicted octanol–water partition coefficient (Wildman–Crippen LogP) is 1.37. The number of benzene rings is 1. The van der Waals surface area contributed by atoms with Crippen molar-refractivity contribution in [1.82, 2.24) is 4.90 Å². The average molecular weight is 304 g/mol. The molecule has 1 aromatic rings. The van der Waals surface area contributed by atoms with Crippen LogP contribution in [0.2, 0.25) is 0 Å². The molecule has 3 rings (SSSR count). The third-order valence-electron chi connectivity index (χ3n) is 4.13. The van der Waals surface area contributed by atoms with Crippen molar-refractivity contribution < 1.29 is 19.1 Å². The summed E-state index contributed by atoms with van der Waals surface area (Å²) in [6.45, 7) is 2.49. The molecular formula is C16H20N2O4. The maximum absolute atomic E-state index is 12.9. The lowest BCUT2D eigenvalue weighted by Gasteiger charge is -2.30. The van der Waals surface area contributed by atoms with Gasteiger partial charge in [-0.3, -0.25) is 9.59 Å². The monoisotopic (exact) mass is 304 g/mol. The molecule has 1 aromatic carbocycles. The fourth-order valence-corrected chi connectivity index (χ4v) is 2.97. The minimum Gasteiger partial charge on any atom is -0.497 e. The van der Waals surface area contributed by atoms with E-state index in [1.165, 1.54) is 0 Å². The van der Waals surface area contributed by atoms with Gasteiger partial charge in [0, 0.05) is 31.8 Å². The van der Waals surface area contributed by atoms with Crippen molar-refractivity contribution in [3.05, 3.63) is 23.8 Å². The molecular weight excluding hydrogens is 284 g/mol. The van der Waals surface area contributed by atoms with Gasteiger partial charge in [-0.2, -0.15) is 0 Å². The van der Waals surface area contributed by atoms with E-state index < -0.39 is 5.92 Å². The Morgan fingerprint density at radius 1 is 1.36 bits per heavy atom. The number of hydrogen-bond acceptors (Lipinski definition) is 4. The number of methoxy groups -OCH3 is 1. The van der Waals surface area contributed by atoms with Crippen molar-refractivity contribution >= 4 is 17.5 Å².